The highest BCUT2D eigenvalue weighted by Gasteiger charge is 2.64. The Morgan fingerprint density at radius 3 is 2.09 bits per heavy atom. The number of piperidine rings is 2. The van der Waals surface area contributed by atoms with Gasteiger partial charge in [-0.2, -0.15) is 5.26 Å². The Bertz CT molecular complexity index is 2200. The second kappa shape index (κ2) is 14.8. The molecule has 1 atom stereocenters. The quantitative estimate of drug-likeness (QED) is 0.312. The predicted molar refractivity (Wildman–Crippen MR) is 213 cm³/mol. The molecule has 4 fully saturated rings. The number of nitrogens with one attached hydrogen (secondary N) is 2. The number of fused-ring (bicyclic) bond motifs is 1. The molecule has 14 heteroatoms. The summed E-state index contributed by atoms with van der Waals surface area (Å²) < 4.78 is 20.5. The number of carbonyl (C=O) groups excluding carboxylic acids is 5. The number of halogens is 1. The van der Waals surface area contributed by atoms with Crippen LogP contribution in [0.4, 0.5) is 15.8 Å². The van der Waals surface area contributed by atoms with Crippen molar-refractivity contribution in [3.05, 3.63) is 88.7 Å². The molecule has 5 aliphatic rings. The Labute approximate surface area is 337 Å². The molecule has 0 aromatic heterocycles. The predicted octanol–water partition coefficient (Wildman–Crippen LogP) is 4.50. The van der Waals surface area contributed by atoms with E-state index < -0.39 is 46.3 Å². The highest BCUT2D eigenvalue weighted by molar-refractivity contribution is 6.23. The standard InChI is InChI=1S/C44H48FN7O6/c1-43(2)41(44(3,4)42(43)58-31-11-7-27(25-46)34(45)24-31)48-37(54)26-5-8-28(9-6-26)50-19-21-51(22-20-50)29-15-17-49(18-16-29)30-10-12-32-33(23-30)40(57)52(39(32)56)35-13-14-36(53)47-38(35)55/h5-12,23-24,29,35,41-42H,13-22H2,1-4H3,(H,48,54)(H,47,53,55)/t35?,41-,42-. The molecular weight excluding hydrogens is 742 g/mol. The van der Waals surface area contributed by atoms with Crippen molar-refractivity contribution < 1.29 is 33.1 Å². The molecule has 1 saturated carbocycles. The van der Waals surface area contributed by atoms with Crippen LogP contribution in [0.3, 0.4) is 0 Å². The zero-order valence-corrected chi connectivity index (χ0v) is 33.2. The van der Waals surface area contributed by atoms with Crippen LogP contribution in [0.5, 0.6) is 5.75 Å². The van der Waals surface area contributed by atoms with Gasteiger partial charge in [0.2, 0.25) is 11.8 Å². The van der Waals surface area contributed by atoms with Crippen LogP contribution in [0, 0.1) is 28.0 Å². The maximum Gasteiger partial charge on any atom is 0.262 e. The van der Waals surface area contributed by atoms with E-state index in [2.05, 4.69) is 25.3 Å². The number of amides is 5. The fraction of sp³-hybridized carbons (Fsp3) is 0.455. The SMILES string of the molecule is CC1(C)[C@H](NC(=O)c2ccc(N3CCN(C4CCN(c5ccc6c(c5)C(=O)N(C5CCC(=O)NC5=O)C6=O)CC4)CC3)cc2)C(C)(C)[C@H]1Oc1ccc(C#N)c(F)c1. The van der Waals surface area contributed by atoms with E-state index in [9.17, 15) is 28.4 Å². The van der Waals surface area contributed by atoms with Crippen LogP contribution in [0.2, 0.25) is 0 Å². The van der Waals surface area contributed by atoms with E-state index in [1.54, 1.807) is 18.2 Å². The molecule has 1 aliphatic carbocycles. The fourth-order valence-corrected chi connectivity index (χ4v) is 10.1. The Balaban J connectivity index is 0.811. The third kappa shape index (κ3) is 6.85. The van der Waals surface area contributed by atoms with Gasteiger partial charge in [0.1, 0.15) is 29.8 Å². The Kier molecular flexibility index (Phi) is 9.99. The van der Waals surface area contributed by atoms with Crippen molar-refractivity contribution in [2.75, 3.05) is 49.1 Å². The molecule has 5 amide bonds. The van der Waals surface area contributed by atoms with E-state index in [1.807, 2.05) is 64.1 Å². The van der Waals surface area contributed by atoms with E-state index in [0.717, 1.165) is 68.4 Å². The van der Waals surface area contributed by atoms with Gasteiger partial charge in [0.05, 0.1) is 16.7 Å². The smallest absolute Gasteiger partial charge is 0.262 e. The van der Waals surface area contributed by atoms with Crippen molar-refractivity contribution in [1.29, 1.82) is 5.26 Å². The lowest BCUT2D eigenvalue weighted by Crippen LogP contribution is -2.74. The number of ether oxygens (including phenoxy) is 1. The van der Waals surface area contributed by atoms with Crippen molar-refractivity contribution in [3.63, 3.8) is 0 Å². The average Bonchev–Trinajstić information content (AvgIpc) is 3.46. The molecule has 4 heterocycles. The van der Waals surface area contributed by atoms with Gasteiger partial charge in [-0.25, -0.2) is 4.39 Å². The van der Waals surface area contributed by atoms with Crippen LogP contribution < -0.4 is 25.2 Å². The maximum absolute atomic E-state index is 14.3. The average molecular weight is 790 g/mol. The van der Waals surface area contributed by atoms with Gasteiger partial charge in [-0.1, -0.05) is 27.7 Å². The molecule has 302 valence electrons. The number of hydrogen-bond donors (Lipinski definition) is 2. The zero-order valence-electron chi connectivity index (χ0n) is 33.2. The summed E-state index contributed by atoms with van der Waals surface area (Å²) >= 11 is 0. The summed E-state index contributed by atoms with van der Waals surface area (Å²) in [7, 11) is 0. The second-order valence-corrected chi connectivity index (χ2v) is 17.3. The number of nitriles is 1. The molecule has 3 saturated heterocycles. The zero-order chi connectivity index (χ0) is 41.1. The summed E-state index contributed by atoms with van der Waals surface area (Å²) in [6, 6.07) is 18.4. The molecule has 1 unspecified atom stereocenters. The van der Waals surface area contributed by atoms with E-state index >= 15 is 0 Å². The first-order valence-corrected chi connectivity index (χ1v) is 20.0. The normalized spacial score (nSPS) is 24.5. The van der Waals surface area contributed by atoms with Crippen molar-refractivity contribution in [3.8, 4) is 11.8 Å². The Morgan fingerprint density at radius 1 is 0.810 bits per heavy atom. The van der Waals surface area contributed by atoms with E-state index in [4.69, 9.17) is 10.00 Å². The highest BCUT2D eigenvalue weighted by Crippen LogP contribution is 2.55. The lowest BCUT2D eigenvalue weighted by atomic mass is 9.49. The van der Waals surface area contributed by atoms with Crippen molar-refractivity contribution >= 4 is 40.9 Å². The van der Waals surface area contributed by atoms with Crippen molar-refractivity contribution in [1.82, 2.24) is 20.4 Å². The summed E-state index contributed by atoms with van der Waals surface area (Å²) in [5.41, 5.74) is 2.19. The number of carbonyl (C=O) groups is 5. The minimum atomic E-state index is -0.983. The van der Waals surface area contributed by atoms with Gasteiger partial charge in [-0.05, 0) is 73.9 Å². The number of hydrogen-bond acceptors (Lipinski definition) is 10. The molecule has 4 aliphatic heterocycles. The van der Waals surface area contributed by atoms with Gasteiger partial charge < -0.3 is 19.9 Å². The largest absolute Gasteiger partial charge is 0.489 e. The number of nitrogens with zero attached hydrogens (tertiary/aromatic N) is 5. The Morgan fingerprint density at radius 2 is 1.45 bits per heavy atom. The van der Waals surface area contributed by atoms with E-state index in [-0.39, 0.29) is 42.0 Å². The molecule has 8 rings (SSSR count). The van der Waals surface area contributed by atoms with Gasteiger partial charge >= 0.3 is 0 Å². The summed E-state index contributed by atoms with van der Waals surface area (Å²) in [5, 5.41) is 14.5. The first-order valence-electron chi connectivity index (χ1n) is 20.0. The fourth-order valence-electron chi connectivity index (χ4n) is 10.1. The second-order valence-electron chi connectivity index (χ2n) is 17.3. The number of piperazine rings is 1. The lowest BCUT2D eigenvalue weighted by molar-refractivity contribution is -0.164. The van der Waals surface area contributed by atoms with E-state index in [0.29, 0.717) is 22.9 Å². The monoisotopic (exact) mass is 789 g/mol. The molecule has 58 heavy (non-hydrogen) atoms. The third-order valence-corrected chi connectivity index (χ3v) is 13.0. The van der Waals surface area contributed by atoms with Crippen LogP contribution in [0.25, 0.3) is 0 Å². The highest BCUT2D eigenvalue weighted by atomic mass is 19.1. The van der Waals surface area contributed by atoms with Gasteiger partial charge in [0.15, 0.2) is 0 Å². The number of rotatable bonds is 8. The van der Waals surface area contributed by atoms with Crippen molar-refractivity contribution in [2.45, 2.75) is 77.6 Å². The molecule has 3 aromatic rings. The molecule has 0 radical (unpaired) electrons. The molecule has 0 spiro atoms. The van der Waals surface area contributed by atoms with Crippen molar-refractivity contribution in [2.24, 2.45) is 10.8 Å². The summed E-state index contributed by atoms with van der Waals surface area (Å²) in [5.74, 6) is -2.44. The van der Waals surface area contributed by atoms with Crippen LogP contribution in [0.15, 0.2) is 60.7 Å². The number of benzene rings is 3. The molecule has 0 bridgehead atoms. The minimum absolute atomic E-state index is 0.0356. The van der Waals surface area contributed by atoms with Gasteiger partial charge in [-0.3, -0.25) is 39.1 Å². The Hall–Kier alpha value is -5.81. The number of imide groups is 2. The third-order valence-electron chi connectivity index (χ3n) is 13.0. The van der Waals surface area contributed by atoms with Crippen LogP contribution in [-0.4, -0.2) is 103 Å². The minimum Gasteiger partial charge on any atom is -0.489 e. The topological polar surface area (TPSA) is 155 Å². The van der Waals surface area contributed by atoms with Gasteiger partial charge in [0.25, 0.3) is 17.7 Å². The molecule has 13 nitrogen and oxygen atoms in total. The molecule has 3 aromatic carbocycles. The summed E-state index contributed by atoms with van der Waals surface area (Å²) in [6.07, 6.45) is 1.84. The number of anilines is 2. The summed E-state index contributed by atoms with van der Waals surface area (Å²) in [6.45, 7) is 13.3. The summed E-state index contributed by atoms with van der Waals surface area (Å²) in [4.78, 5) is 72.2. The van der Waals surface area contributed by atoms with Gasteiger partial charge in [0, 0.05) is 91.6 Å². The van der Waals surface area contributed by atoms with Crippen LogP contribution in [0.1, 0.15) is 90.0 Å². The first kappa shape index (κ1) is 39.0. The van der Waals surface area contributed by atoms with E-state index in [1.165, 1.54) is 12.1 Å². The first-order chi connectivity index (χ1) is 27.7. The van der Waals surface area contributed by atoms with Crippen LogP contribution >= 0.6 is 0 Å². The maximum atomic E-state index is 14.3. The molecular formula is C44H48FN7O6. The molecule has 2 N–H and O–H groups in total. The van der Waals surface area contributed by atoms with Crippen LogP contribution in [-0.2, 0) is 9.59 Å². The lowest BCUT2D eigenvalue weighted by Gasteiger charge is -2.63. The van der Waals surface area contributed by atoms with Gasteiger partial charge in [-0.15, -0.1) is 0 Å².